The van der Waals surface area contributed by atoms with Gasteiger partial charge in [-0.1, -0.05) is 43.7 Å². The highest BCUT2D eigenvalue weighted by Gasteiger charge is 2.35. The van der Waals surface area contributed by atoms with E-state index in [1.807, 2.05) is 60.0 Å². The summed E-state index contributed by atoms with van der Waals surface area (Å²) in [5.74, 6) is -0.555. The quantitative estimate of drug-likeness (QED) is 0.315. The number of nitrogens with one attached hydrogen (secondary N) is 1. The molecule has 1 aliphatic heterocycles. The molecule has 0 saturated carbocycles. The van der Waals surface area contributed by atoms with Crippen LogP contribution in [0, 0.1) is 5.92 Å². The second-order valence-corrected chi connectivity index (χ2v) is 9.86. The third-order valence-corrected chi connectivity index (χ3v) is 7.24. The second-order valence-electron chi connectivity index (χ2n) is 9.00. The molecule has 0 spiro atoms. The fourth-order valence-electron chi connectivity index (χ4n) is 4.37. The predicted molar refractivity (Wildman–Crippen MR) is 145 cm³/mol. The molecule has 4 aromatic rings. The van der Waals surface area contributed by atoms with Crippen molar-refractivity contribution in [2.24, 2.45) is 5.92 Å². The summed E-state index contributed by atoms with van der Waals surface area (Å²) in [6.45, 7) is 2.56. The van der Waals surface area contributed by atoms with Crippen molar-refractivity contribution in [3.05, 3.63) is 83.9 Å². The second kappa shape index (κ2) is 10.8. The Morgan fingerprint density at radius 1 is 1.08 bits per heavy atom. The first-order valence-electron chi connectivity index (χ1n) is 12.3. The van der Waals surface area contributed by atoms with Crippen LogP contribution in [0.1, 0.15) is 31.7 Å². The number of carbonyl (C=O) groups excluding carboxylic acids is 2. The van der Waals surface area contributed by atoms with Crippen LogP contribution in [0.4, 0.5) is 11.4 Å². The van der Waals surface area contributed by atoms with Crippen molar-refractivity contribution < 1.29 is 9.59 Å². The Balaban J connectivity index is 1.24. The summed E-state index contributed by atoms with van der Waals surface area (Å²) in [7, 11) is 0. The number of aromatic nitrogens is 2. The lowest BCUT2D eigenvalue weighted by atomic mass is 10.1. The third kappa shape index (κ3) is 5.36. The fourth-order valence-corrected chi connectivity index (χ4v) is 5.17. The van der Waals surface area contributed by atoms with Crippen molar-refractivity contribution in [2.45, 2.75) is 32.6 Å². The number of benzene rings is 2. The van der Waals surface area contributed by atoms with Gasteiger partial charge in [-0.2, -0.15) is 0 Å². The van der Waals surface area contributed by atoms with E-state index in [0.29, 0.717) is 12.2 Å². The topological polar surface area (TPSA) is 75.2 Å². The molecule has 1 fully saturated rings. The molecule has 1 aliphatic rings. The van der Waals surface area contributed by atoms with Gasteiger partial charge in [0.05, 0.1) is 17.3 Å². The molecule has 182 valence electrons. The Kier molecular flexibility index (Phi) is 7.18. The minimum Gasteiger partial charge on any atom is -0.326 e. The number of hydrogen-bond acceptors (Lipinski definition) is 5. The van der Waals surface area contributed by atoms with Crippen LogP contribution in [0.5, 0.6) is 0 Å². The molecule has 2 amide bonds. The number of thiazole rings is 1. The van der Waals surface area contributed by atoms with Crippen molar-refractivity contribution in [1.29, 1.82) is 0 Å². The van der Waals surface area contributed by atoms with Crippen LogP contribution in [0.25, 0.3) is 22.0 Å². The van der Waals surface area contributed by atoms with E-state index in [1.54, 1.807) is 11.1 Å². The predicted octanol–water partition coefficient (Wildman–Crippen LogP) is 6.21. The highest BCUT2D eigenvalue weighted by atomic mass is 32.1. The number of nitrogens with zero attached hydrogens (tertiary/aromatic N) is 3. The average Bonchev–Trinajstić information content (AvgIpc) is 3.56. The van der Waals surface area contributed by atoms with E-state index in [9.17, 15) is 9.59 Å². The molecule has 0 aliphatic carbocycles. The minimum absolute atomic E-state index is 0.0188. The molecule has 36 heavy (non-hydrogen) atoms. The molecule has 1 unspecified atom stereocenters. The molecular weight excluding hydrogens is 468 g/mol. The minimum atomic E-state index is -0.393. The molecule has 0 bridgehead atoms. The van der Waals surface area contributed by atoms with Crippen molar-refractivity contribution in [2.75, 3.05) is 16.8 Å². The average molecular weight is 497 g/mol. The molecule has 1 atom stereocenters. The van der Waals surface area contributed by atoms with Crippen molar-refractivity contribution in [3.8, 4) is 22.0 Å². The summed E-state index contributed by atoms with van der Waals surface area (Å²) in [5.41, 5.74) is 5.40. The van der Waals surface area contributed by atoms with Gasteiger partial charge in [0.25, 0.3) is 0 Å². The maximum Gasteiger partial charge on any atom is 0.229 e. The number of unbranched alkanes of at least 4 members (excludes halogenated alkanes) is 1. The van der Waals surface area contributed by atoms with E-state index in [-0.39, 0.29) is 18.2 Å². The van der Waals surface area contributed by atoms with Gasteiger partial charge in [0.1, 0.15) is 5.01 Å². The lowest BCUT2D eigenvalue weighted by Crippen LogP contribution is -2.28. The van der Waals surface area contributed by atoms with Gasteiger partial charge < -0.3 is 10.2 Å². The van der Waals surface area contributed by atoms with E-state index in [4.69, 9.17) is 4.98 Å². The first-order valence-corrected chi connectivity index (χ1v) is 13.2. The van der Waals surface area contributed by atoms with Gasteiger partial charge in [-0.05, 0) is 54.8 Å². The highest BCUT2D eigenvalue weighted by molar-refractivity contribution is 7.13. The van der Waals surface area contributed by atoms with Crippen molar-refractivity contribution in [3.63, 3.8) is 0 Å². The number of aryl methyl sites for hydroxylation is 1. The maximum absolute atomic E-state index is 13.0. The SMILES string of the molecule is CCCCc1ccc(N2CC(C(=O)Nc3cccc(-c4csc(-c5ccccn5)n4)c3)CC2=O)cc1. The molecule has 7 heteroatoms. The summed E-state index contributed by atoms with van der Waals surface area (Å²) in [4.78, 5) is 36.5. The maximum atomic E-state index is 13.0. The first-order chi connectivity index (χ1) is 17.6. The normalized spacial score (nSPS) is 15.3. The van der Waals surface area contributed by atoms with Crippen LogP contribution in [-0.4, -0.2) is 28.3 Å². The summed E-state index contributed by atoms with van der Waals surface area (Å²) in [6.07, 6.45) is 5.31. The molecule has 0 radical (unpaired) electrons. The van der Waals surface area contributed by atoms with E-state index in [1.165, 1.54) is 16.9 Å². The van der Waals surface area contributed by atoms with Crippen LogP contribution in [-0.2, 0) is 16.0 Å². The molecule has 2 aromatic carbocycles. The molecule has 5 rings (SSSR count). The van der Waals surface area contributed by atoms with Gasteiger partial charge in [0.2, 0.25) is 11.8 Å². The van der Waals surface area contributed by atoms with E-state index in [0.717, 1.165) is 46.9 Å². The number of anilines is 2. The van der Waals surface area contributed by atoms with Crippen LogP contribution in [0.2, 0.25) is 0 Å². The Labute approximate surface area is 215 Å². The molecule has 1 N–H and O–H groups in total. The summed E-state index contributed by atoms with van der Waals surface area (Å²) >= 11 is 1.54. The van der Waals surface area contributed by atoms with E-state index >= 15 is 0 Å². The zero-order valence-corrected chi connectivity index (χ0v) is 21.0. The number of hydrogen-bond donors (Lipinski definition) is 1. The van der Waals surface area contributed by atoms with E-state index in [2.05, 4.69) is 29.4 Å². The van der Waals surface area contributed by atoms with Gasteiger partial charge in [0.15, 0.2) is 0 Å². The van der Waals surface area contributed by atoms with Gasteiger partial charge in [-0.3, -0.25) is 14.6 Å². The first kappa shape index (κ1) is 23.9. The monoisotopic (exact) mass is 496 g/mol. The molecule has 6 nitrogen and oxygen atoms in total. The van der Waals surface area contributed by atoms with Gasteiger partial charge in [-0.15, -0.1) is 11.3 Å². The molecule has 2 aromatic heterocycles. The van der Waals surface area contributed by atoms with Crippen LogP contribution >= 0.6 is 11.3 Å². The highest BCUT2D eigenvalue weighted by Crippen LogP contribution is 2.30. The zero-order valence-electron chi connectivity index (χ0n) is 20.2. The standard InChI is InChI=1S/C29H28N4O2S/c1-2-3-7-20-11-13-24(14-12-20)33-18-22(17-27(33)34)28(35)31-23-9-6-8-21(16-23)26-19-36-29(32-26)25-10-4-5-15-30-25/h4-6,8-16,19,22H,2-3,7,17-18H2,1H3,(H,31,35). The summed E-state index contributed by atoms with van der Waals surface area (Å²) in [6, 6.07) is 21.5. The van der Waals surface area contributed by atoms with Gasteiger partial charge >= 0.3 is 0 Å². The largest absolute Gasteiger partial charge is 0.326 e. The summed E-state index contributed by atoms with van der Waals surface area (Å²) < 4.78 is 0. The zero-order chi connectivity index (χ0) is 24.9. The number of rotatable bonds is 8. The third-order valence-electron chi connectivity index (χ3n) is 6.38. The number of carbonyl (C=O) groups is 2. The Morgan fingerprint density at radius 3 is 2.72 bits per heavy atom. The van der Waals surface area contributed by atoms with Crippen LogP contribution in [0.15, 0.2) is 78.3 Å². The Hall–Kier alpha value is -3.84. The lowest BCUT2D eigenvalue weighted by molar-refractivity contribution is -0.122. The molecule has 1 saturated heterocycles. The number of amides is 2. The fraction of sp³-hybridized carbons (Fsp3) is 0.241. The number of pyridine rings is 1. The van der Waals surface area contributed by atoms with Crippen molar-refractivity contribution in [1.82, 2.24) is 9.97 Å². The van der Waals surface area contributed by atoms with Gasteiger partial charge in [0, 0.05) is 41.5 Å². The lowest BCUT2D eigenvalue weighted by Gasteiger charge is -2.17. The van der Waals surface area contributed by atoms with E-state index < -0.39 is 5.92 Å². The Bertz CT molecular complexity index is 1350. The molecule has 3 heterocycles. The van der Waals surface area contributed by atoms with Crippen LogP contribution in [0.3, 0.4) is 0 Å². The van der Waals surface area contributed by atoms with Crippen molar-refractivity contribution >= 4 is 34.5 Å². The van der Waals surface area contributed by atoms with Gasteiger partial charge in [-0.25, -0.2) is 4.98 Å². The smallest absolute Gasteiger partial charge is 0.229 e. The van der Waals surface area contributed by atoms with Crippen LogP contribution < -0.4 is 10.2 Å². The molecular formula is C29H28N4O2S. The summed E-state index contributed by atoms with van der Waals surface area (Å²) in [5, 5.41) is 5.84. The Morgan fingerprint density at radius 2 is 1.94 bits per heavy atom.